The van der Waals surface area contributed by atoms with Crippen LogP contribution in [0.3, 0.4) is 0 Å². The maximum atomic E-state index is 12.0. The van der Waals surface area contributed by atoms with Crippen LogP contribution in [-0.2, 0) is 0 Å². The van der Waals surface area contributed by atoms with Gasteiger partial charge in [-0.3, -0.25) is 4.79 Å². The zero-order valence-electron chi connectivity index (χ0n) is 10.8. The fourth-order valence-electron chi connectivity index (χ4n) is 2.28. The van der Waals surface area contributed by atoms with Crippen molar-refractivity contribution in [2.24, 2.45) is 0 Å². The third kappa shape index (κ3) is 4.58. The highest BCUT2D eigenvalue weighted by molar-refractivity contribution is 9.11. The Hall–Kier alpha value is -0.390. The van der Waals surface area contributed by atoms with Gasteiger partial charge in [-0.2, -0.15) is 0 Å². The van der Waals surface area contributed by atoms with Crippen molar-refractivity contribution < 1.29 is 4.79 Å². The predicted molar refractivity (Wildman–Crippen MR) is 84.5 cm³/mol. The summed E-state index contributed by atoms with van der Waals surface area (Å²) in [6, 6.07) is 5.59. The molecule has 2 rings (SSSR count). The molecule has 1 fully saturated rings. The van der Waals surface area contributed by atoms with Crippen molar-refractivity contribution in [3.63, 3.8) is 0 Å². The van der Waals surface area contributed by atoms with Gasteiger partial charge >= 0.3 is 0 Å². The molecule has 1 aromatic carbocycles. The lowest BCUT2D eigenvalue weighted by molar-refractivity contribution is 0.0946. The molecule has 0 saturated carbocycles. The first-order valence-electron chi connectivity index (χ1n) is 6.62. The van der Waals surface area contributed by atoms with Crippen LogP contribution >= 0.6 is 31.9 Å². The Bertz CT molecular complexity index is 445. The number of carbonyl (C=O) groups is 1. The summed E-state index contributed by atoms with van der Waals surface area (Å²) < 4.78 is 1.78. The molecule has 3 nitrogen and oxygen atoms in total. The van der Waals surface area contributed by atoms with Crippen LogP contribution in [0.4, 0.5) is 0 Å². The molecule has 0 atom stereocenters. The van der Waals surface area contributed by atoms with E-state index in [9.17, 15) is 4.79 Å². The smallest absolute Gasteiger partial charge is 0.252 e. The summed E-state index contributed by atoms with van der Waals surface area (Å²) in [4.78, 5) is 14.5. The second-order valence-corrected chi connectivity index (χ2v) is 6.55. The SMILES string of the molecule is O=C(NCCN1CCCCC1)c1ccc(Br)cc1Br. The van der Waals surface area contributed by atoms with Gasteiger partial charge in [0.2, 0.25) is 0 Å². The minimum Gasteiger partial charge on any atom is -0.351 e. The minimum atomic E-state index is -0.0172. The lowest BCUT2D eigenvalue weighted by Gasteiger charge is -2.26. The Labute approximate surface area is 131 Å². The Morgan fingerprint density at radius 3 is 2.63 bits per heavy atom. The van der Waals surface area contributed by atoms with Gasteiger partial charge in [-0.1, -0.05) is 22.4 Å². The van der Waals surface area contributed by atoms with Crippen molar-refractivity contribution in [3.05, 3.63) is 32.7 Å². The quantitative estimate of drug-likeness (QED) is 0.855. The molecule has 0 aromatic heterocycles. The van der Waals surface area contributed by atoms with Crippen LogP contribution in [0.5, 0.6) is 0 Å². The molecule has 19 heavy (non-hydrogen) atoms. The van der Waals surface area contributed by atoms with E-state index in [1.807, 2.05) is 18.2 Å². The van der Waals surface area contributed by atoms with Crippen LogP contribution in [-0.4, -0.2) is 37.0 Å². The molecule has 0 spiro atoms. The van der Waals surface area contributed by atoms with Crippen LogP contribution in [0.1, 0.15) is 29.6 Å². The summed E-state index contributed by atoms with van der Waals surface area (Å²) in [5.41, 5.74) is 0.682. The summed E-state index contributed by atoms with van der Waals surface area (Å²) >= 11 is 6.80. The van der Waals surface area contributed by atoms with Crippen LogP contribution in [0, 0.1) is 0 Å². The monoisotopic (exact) mass is 388 g/mol. The highest BCUT2D eigenvalue weighted by atomic mass is 79.9. The first kappa shape index (κ1) is 15.0. The van der Waals surface area contributed by atoms with Crippen LogP contribution < -0.4 is 5.32 Å². The number of likely N-dealkylation sites (tertiary alicyclic amines) is 1. The molecule has 1 heterocycles. The van der Waals surface area contributed by atoms with Crippen LogP contribution in [0.25, 0.3) is 0 Å². The maximum absolute atomic E-state index is 12.0. The first-order chi connectivity index (χ1) is 9.16. The van der Waals surface area contributed by atoms with Crippen molar-refractivity contribution >= 4 is 37.8 Å². The van der Waals surface area contributed by atoms with Gasteiger partial charge in [0.1, 0.15) is 0 Å². The summed E-state index contributed by atoms with van der Waals surface area (Å²) in [6.45, 7) is 3.98. The lowest BCUT2D eigenvalue weighted by Crippen LogP contribution is -2.37. The molecule has 1 aromatic rings. The number of nitrogens with one attached hydrogen (secondary N) is 1. The van der Waals surface area contributed by atoms with E-state index in [2.05, 4.69) is 42.1 Å². The van der Waals surface area contributed by atoms with Crippen molar-refractivity contribution in [1.29, 1.82) is 0 Å². The number of carbonyl (C=O) groups excluding carboxylic acids is 1. The van der Waals surface area contributed by atoms with E-state index in [1.165, 1.54) is 19.3 Å². The maximum Gasteiger partial charge on any atom is 0.252 e. The van der Waals surface area contributed by atoms with Crippen molar-refractivity contribution in [2.45, 2.75) is 19.3 Å². The van der Waals surface area contributed by atoms with Crippen LogP contribution in [0.2, 0.25) is 0 Å². The average Bonchev–Trinajstić information content (AvgIpc) is 2.39. The average molecular weight is 390 g/mol. The number of nitrogens with zero attached hydrogens (tertiary/aromatic N) is 1. The molecule has 1 aliphatic heterocycles. The number of hydrogen-bond donors (Lipinski definition) is 1. The van der Waals surface area contributed by atoms with Gasteiger partial charge < -0.3 is 10.2 Å². The molecule has 0 aliphatic carbocycles. The molecule has 1 aliphatic rings. The standard InChI is InChI=1S/C14H18Br2N2O/c15-11-4-5-12(13(16)10-11)14(19)17-6-9-18-7-2-1-3-8-18/h4-5,10H,1-3,6-9H2,(H,17,19). The second-order valence-electron chi connectivity index (χ2n) is 4.78. The molecule has 1 saturated heterocycles. The first-order valence-corrected chi connectivity index (χ1v) is 8.21. The van der Waals surface area contributed by atoms with Crippen molar-refractivity contribution in [2.75, 3.05) is 26.2 Å². The fourth-order valence-corrected chi connectivity index (χ4v) is 3.51. The van der Waals surface area contributed by atoms with E-state index in [4.69, 9.17) is 0 Å². The van der Waals surface area contributed by atoms with E-state index < -0.39 is 0 Å². The summed E-state index contributed by atoms with van der Waals surface area (Å²) in [5.74, 6) is -0.0172. The predicted octanol–water partition coefficient (Wildman–Crippen LogP) is 3.43. The molecule has 0 unspecified atom stereocenters. The summed E-state index contributed by atoms with van der Waals surface area (Å²) in [6.07, 6.45) is 3.91. The second kappa shape index (κ2) is 7.41. The van der Waals surface area contributed by atoms with E-state index in [1.54, 1.807) is 0 Å². The largest absolute Gasteiger partial charge is 0.351 e. The van der Waals surface area contributed by atoms with Crippen molar-refractivity contribution in [3.8, 4) is 0 Å². The topological polar surface area (TPSA) is 32.3 Å². The highest BCUT2D eigenvalue weighted by Crippen LogP contribution is 2.21. The molecule has 1 N–H and O–H groups in total. The molecule has 1 amide bonds. The van der Waals surface area contributed by atoms with E-state index in [0.717, 1.165) is 28.6 Å². The molecule has 5 heteroatoms. The highest BCUT2D eigenvalue weighted by Gasteiger charge is 2.12. The number of rotatable bonds is 4. The Morgan fingerprint density at radius 2 is 1.95 bits per heavy atom. The zero-order valence-corrected chi connectivity index (χ0v) is 14.0. The van der Waals surface area contributed by atoms with E-state index >= 15 is 0 Å². The van der Waals surface area contributed by atoms with E-state index in [0.29, 0.717) is 12.1 Å². The Morgan fingerprint density at radius 1 is 1.21 bits per heavy atom. The third-order valence-electron chi connectivity index (χ3n) is 3.34. The van der Waals surface area contributed by atoms with Gasteiger partial charge in [-0.15, -0.1) is 0 Å². The summed E-state index contributed by atoms with van der Waals surface area (Å²) in [5, 5.41) is 2.98. The number of amides is 1. The zero-order chi connectivity index (χ0) is 13.7. The van der Waals surface area contributed by atoms with Gasteiger partial charge in [0.05, 0.1) is 5.56 Å². The van der Waals surface area contributed by atoms with Crippen LogP contribution in [0.15, 0.2) is 27.1 Å². The van der Waals surface area contributed by atoms with Gasteiger partial charge in [0.25, 0.3) is 5.91 Å². The summed E-state index contributed by atoms with van der Waals surface area (Å²) in [7, 11) is 0. The van der Waals surface area contributed by atoms with Gasteiger partial charge in [-0.25, -0.2) is 0 Å². The fraction of sp³-hybridized carbons (Fsp3) is 0.500. The minimum absolute atomic E-state index is 0.0172. The number of hydrogen-bond acceptors (Lipinski definition) is 2. The van der Waals surface area contributed by atoms with Gasteiger partial charge in [-0.05, 0) is 60.1 Å². The number of piperidine rings is 1. The molecule has 104 valence electrons. The number of halogens is 2. The molecule has 0 bridgehead atoms. The third-order valence-corrected chi connectivity index (χ3v) is 4.49. The number of benzene rings is 1. The lowest BCUT2D eigenvalue weighted by atomic mass is 10.1. The van der Waals surface area contributed by atoms with E-state index in [-0.39, 0.29) is 5.91 Å². The molecular formula is C14H18Br2N2O. The molecule has 0 radical (unpaired) electrons. The van der Waals surface area contributed by atoms with Crippen molar-refractivity contribution in [1.82, 2.24) is 10.2 Å². The Balaban J connectivity index is 1.80. The Kier molecular flexibility index (Phi) is 5.85. The van der Waals surface area contributed by atoms with Gasteiger partial charge in [0.15, 0.2) is 0 Å². The normalized spacial score (nSPS) is 16.3. The molecular weight excluding hydrogens is 372 g/mol. The van der Waals surface area contributed by atoms with Gasteiger partial charge in [0, 0.05) is 22.0 Å².